The number of thioether (sulfide) groups is 1. The summed E-state index contributed by atoms with van der Waals surface area (Å²) in [5.41, 5.74) is 3.33. The average Bonchev–Trinajstić information content (AvgIpc) is 2.78. The van der Waals surface area contributed by atoms with Crippen molar-refractivity contribution in [1.29, 1.82) is 0 Å². The van der Waals surface area contributed by atoms with E-state index in [4.69, 9.17) is 16.3 Å². The molecule has 0 bridgehead atoms. The molecule has 0 radical (unpaired) electrons. The molecule has 2 aromatic carbocycles. The predicted molar refractivity (Wildman–Crippen MR) is 134 cm³/mol. The molecule has 2 aromatic rings. The van der Waals surface area contributed by atoms with Crippen molar-refractivity contribution in [1.82, 2.24) is 0 Å². The molecule has 3 N–H and O–H groups in total. The number of carboxylic acid groups (broad SMARTS) is 3. The zero-order valence-electron chi connectivity index (χ0n) is 19.5. The van der Waals surface area contributed by atoms with E-state index in [1.807, 2.05) is 49.4 Å². The second-order valence-corrected chi connectivity index (χ2v) is 10.3. The number of hydrogen-bond acceptors (Lipinski definition) is 5. The highest BCUT2D eigenvalue weighted by molar-refractivity contribution is 7.99. The second kappa shape index (κ2) is 11.9. The van der Waals surface area contributed by atoms with E-state index >= 15 is 0 Å². The molecule has 1 saturated heterocycles. The minimum atomic E-state index is -1.09. The van der Waals surface area contributed by atoms with E-state index in [-0.39, 0.29) is 19.3 Å². The van der Waals surface area contributed by atoms with Crippen LogP contribution in [0.2, 0.25) is 5.02 Å². The van der Waals surface area contributed by atoms with Crippen LogP contribution in [0.15, 0.2) is 42.5 Å². The number of ether oxygens (including phenoxy) is 1. The first-order valence-corrected chi connectivity index (χ1v) is 12.9. The monoisotopic (exact) mass is 520 g/mol. The van der Waals surface area contributed by atoms with Gasteiger partial charge in [0.2, 0.25) is 0 Å². The summed E-state index contributed by atoms with van der Waals surface area (Å²) in [5.74, 6) is -5.23. The van der Waals surface area contributed by atoms with Gasteiger partial charge in [0.05, 0.1) is 18.9 Å². The van der Waals surface area contributed by atoms with E-state index in [0.29, 0.717) is 11.4 Å². The fourth-order valence-electron chi connectivity index (χ4n) is 4.94. The Morgan fingerprint density at radius 1 is 0.886 bits per heavy atom. The van der Waals surface area contributed by atoms with E-state index in [2.05, 4.69) is 0 Å². The fraction of sp³-hybridized carbons (Fsp3) is 0.423. The van der Waals surface area contributed by atoms with Crippen molar-refractivity contribution in [2.24, 2.45) is 17.8 Å². The maximum absolute atomic E-state index is 11.8. The molecule has 0 saturated carbocycles. The van der Waals surface area contributed by atoms with Crippen LogP contribution in [0.5, 0.6) is 0 Å². The summed E-state index contributed by atoms with van der Waals surface area (Å²) in [5, 5.41) is 29.4. The third kappa shape index (κ3) is 6.99. The van der Waals surface area contributed by atoms with Crippen molar-refractivity contribution in [3.05, 3.63) is 69.7 Å². The van der Waals surface area contributed by atoms with Crippen LogP contribution in [0, 0.1) is 24.7 Å². The Balaban J connectivity index is 2.03. The van der Waals surface area contributed by atoms with Gasteiger partial charge in [-0.1, -0.05) is 41.9 Å². The van der Waals surface area contributed by atoms with Gasteiger partial charge >= 0.3 is 17.9 Å². The van der Waals surface area contributed by atoms with Gasteiger partial charge in [-0.05, 0) is 59.9 Å². The Kier molecular flexibility index (Phi) is 9.21. The lowest BCUT2D eigenvalue weighted by Crippen LogP contribution is -2.45. The number of hydrogen-bond donors (Lipinski definition) is 3. The van der Waals surface area contributed by atoms with Gasteiger partial charge < -0.3 is 20.1 Å². The van der Waals surface area contributed by atoms with Gasteiger partial charge in [0.1, 0.15) is 5.44 Å². The van der Waals surface area contributed by atoms with Crippen LogP contribution in [0.4, 0.5) is 0 Å². The Labute approximate surface area is 213 Å². The third-order valence-electron chi connectivity index (χ3n) is 6.59. The van der Waals surface area contributed by atoms with Gasteiger partial charge in [-0.2, -0.15) is 0 Å². The number of aryl methyl sites for hydroxylation is 1. The van der Waals surface area contributed by atoms with E-state index in [1.165, 1.54) is 11.8 Å². The number of halogens is 1. The minimum Gasteiger partial charge on any atom is -0.481 e. The molecule has 0 aromatic heterocycles. The summed E-state index contributed by atoms with van der Waals surface area (Å²) in [4.78, 5) is 35.1. The maximum Gasteiger partial charge on any atom is 0.303 e. The largest absolute Gasteiger partial charge is 0.481 e. The van der Waals surface area contributed by atoms with E-state index in [9.17, 15) is 29.7 Å². The van der Waals surface area contributed by atoms with Crippen LogP contribution in [-0.4, -0.2) is 44.9 Å². The number of benzene rings is 2. The van der Waals surface area contributed by atoms with Gasteiger partial charge in [-0.25, -0.2) is 0 Å². The molecule has 0 spiro atoms. The van der Waals surface area contributed by atoms with E-state index in [0.717, 1.165) is 22.3 Å². The minimum absolute atomic E-state index is 0.290. The lowest BCUT2D eigenvalue weighted by molar-refractivity contribution is -0.161. The lowest BCUT2D eigenvalue weighted by Gasteiger charge is -2.46. The zero-order valence-corrected chi connectivity index (χ0v) is 21.1. The fourth-order valence-corrected chi connectivity index (χ4v) is 5.95. The molecule has 9 heteroatoms. The first-order chi connectivity index (χ1) is 16.6. The van der Waals surface area contributed by atoms with Crippen molar-refractivity contribution in [3.63, 3.8) is 0 Å². The van der Waals surface area contributed by atoms with Gasteiger partial charge in [0, 0.05) is 23.3 Å². The zero-order chi connectivity index (χ0) is 25.7. The Hall–Kier alpha value is -2.55. The molecule has 1 heterocycles. The molecule has 3 rings (SSSR count). The number of carbonyl (C=O) groups is 3. The number of aliphatic carboxylic acids is 3. The topological polar surface area (TPSA) is 121 Å². The summed E-state index contributed by atoms with van der Waals surface area (Å²) < 4.78 is 6.35. The molecule has 1 aliphatic heterocycles. The van der Waals surface area contributed by atoms with Crippen molar-refractivity contribution in [2.45, 2.75) is 44.1 Å². The Bertz CT molecular complexity index is 1070. The third-order valence-corrected chi connectivity index (χ3v) is 7.77. The first-order valence-electron chi connectivity index (χ1n) is 11.3. The normalized spacial score (nSPS) is 24.1. The van der Waals surface area contributed by atoms with Crippen LogP contribution in [0.3, 0.4) is 0 Å². The van der Waals surface area contributed by atoms with Crippen molar-refractivity contribution < 1.29 is 34.4 Å². The van der Waals surface area contributed by atoms with Crippen molar-refractivity contribution >= 4 is 41.3 Å². The van der Waals surface area contributed by atoms with Gasteiger partial charge in [-0.15, -0.1) is 11.8 Å². The standard InChI is InChI=1S/C26H29ClO7S/c1-14-3-6-16(10-17(14)9-15-4-7-18(27)8-5-15)25-20(12-23(30)31)19(11-22(28)29)21(13-24(32)33)26(34-25)35-2/h3-8,10,19-21,25-26H,9,11-13H2,1-2H3,(H,28,29)(H,30,31)(H,32,33)/t19-,20+,21+,25-,26-/m1/s1. The molecule has 0 amide bonds. The Morgan fingerprint density at radius 3 is 2.03 bits per heavy atom. The molecular formula is C26H29ClO7S. The molecule has 7 nitrogen and oxygen atoms in total. The van der Waals surface area contributed by atoms with Crippen LogP contribution in [-0.2, 0) is 25.5 Å². The van der Waals surface area contributed by atoms with Crippen molar-refractivity contribution in [2.75, 3.05) is 6.26 Å². The quantitative estimate of drug-likeness (QED) is 0.387. The maximum atomic E-state index is 11.8. The number of rotatable bonds is 10. The average molecular weight is 521 g/mol. The molecule has 1 fully saturated rings. The molecule has 35 heavy (non-hydrogen) atoms. The highest BCUT2D eigenvalue weighted by Crippen LogP contribution is 2.50. The van der Waals surface area contributed by atoms with Crippen LogP contribution >= 0.6 is 23.4 Å². The van der Waals surface area contributed by atoms with E-state index in [1.54, 1.807) is 6.26 Å². The SMILES string of the molecule is CS[C@H]1O[C@H](c2ccc(C)c(Cc3ccc(Cl)cc3)c2)[C@@H](CC(=O)O)[C@@H](CC(=O)O)[C@@H]1CC(=O)O. The Morgan fingerprint density at radius 2 is 1.46 bits per heavy atom. The molecule has 0 aliphatic carbocycles. The summed E-state index contributed by atoms with van der Waals surface area (Å²) in [7, 11) is 0. The highest BCUT2D eigenvalue weighted by atomic mass is 35.5. The summed E-state index contributed by atoms with van der Waals surface area (Å²) in [6, 6.07) is 13.4. The summed E-state index contributed by atoms with van der Waals surface area (Å²) in [6.07, 6.45) is 0.813. The first kappa shape index (κ1) is 27.0. The van der Waals surface area contributed by atoms with Gasteiger partial charge in [-0.3, -0.25) is 14.4 Å². The molecular weight excluding hydrogens is 492 g/mol. The van der Waals surface area contributed by atoms with Crippen LogP contribution in [0.1, 0.15) is 47.6 Å². The van der Waals surface area contributed by atoms with Gasteiger partial charge in [0.15, 0.2) is 0 Å². The molecule has 0 unspecified atom stereocenters. The molecule has 1 aliphatic rings. The second-order valence-electron chi connectivity index (χ2n) is 8.94. The summed E-state index contributed by atoms with van der Waals surface area (Å²) >= 11 is 7.32. The van der Waals surface area contributed by atoms with Crippen molar-refractivity contribution in [3.8, 4) is 0 Å². The van der Waals surface area contributed by atoms with Gasteiger partial charge in [0.25, 0.3) is 0 Å². The van der Waals surface area contributed by atoms with Crippen LogP contribution < -0.4 is 0 Å². The highest BCUT2D eigenvalue weighted by Gasteiger charge is 2.48. The molecule has 188 valence electrons. The van der Waals surface area contributed by atoms with E-state index < -0.39 is 47.2 Å². The smallest absolute Gasteiger partial charge is 0.303 e. The summed E-state index contributed by atoms with van der Waals surface area (Å²) in [6.45, 7) is 1.99. The molecule has 5 atom stereocenters. The predicted octanol–water partition coefficient (Wildman–Crippen LogP) is 5.27. The van der Waals surface area contributed by atoms with Crippen LogP contribution in [0.25, 0.3) is 0 Å². The lowest BCUT2D eigenvalue weighted by atomic mass is 9.70. The number of carboxylic acids is 3.